The summed E-state index contributed by atoms with van der Waals surface area (Å²) in [5.41, 5.74) is 2.44. The minimum absolute atomic E-state index is 0.0843. The molecule has 0 radical (unpaired) electrons. The van der Waals surface area contributed by atoms with Gasteiger partial charge in [0.2, 0.25) is 5.91 Å². The molecule has 1 amide bonds. The number of carbonyl (C=O) groups excluding carboxylic acids is 1. The van der Waals surface area contributed by atoms with Crippen molar-refractivity contribution in [3.05, 3.63) is 52.2 Å². The maximum absolute atomic E-state index is 11.8. The summed E-state index contributed by atoms with van der Waals surface area (Å²) < 4.78 is 0. The van der Waals surface area contributed by atoms with E-state index in [9.17, 15) is 4.79 Å². The second-order valence-electron chi connectivity index (χ2n) is 5.39. The van der Waals surface area contributed by atoms with Crippen LogP contribution in [0, 0.1) is 0 Å². The zero-order valence-corrected chi connectivity index (χ0v) is 12.9. The monoisotopic (exact) mass is 300 g/mol. The van der Waals surface area contributed by atoms with Gasteiger partial charge in [0.1, 0.15) is 0 Å². The molecule has 1 aromatic heterocycles. The van der Waals surface area contributed by atoms with Crippen molar-refractivity contribution in [2.75, 3.05) is 18.0 Å². The summed E-state index contributed by atoms with van der Waals surface area (Å²) in [5, 5.41) is 4.98. The number of amides is 1. The van der Waals surface area contributed by atoms with E-state index in [1.165, 1.54) is 18.5 Å². The number of hydrogen-bond donors (Lipinski definition) is 1. The first-order chi connectivity index (χ1) is 10.3. The zero-order valence-electron chi connectivity index (χ0n) is 12.0. The third-order valence-electron chi connectivity index (χ3n) is 3.81. The summed E-state index contributed by atoms with van der Waals surface area (Å²) in [4.78, 5) is 15.4. The molecule has 1 aromatic carbocycles. The molecule has 0 spiro atoms. The van der Waals surface area contributed by atoms with Gasteiger partial charge < -0.3 is 10.2 Å². The third-order valence-corrected chi connectivity index (χ3v) is 4.69. The lowest BCUT2D eigenvalue weighted by Crippen LogP contribution is -2.24. The van der Waals surface area contributed by atoms with Crippen molar-refractivity contribution in [3.63, 3.8) is 0 Å². The topological polar surface area (TPSA) is 32.3 Å². The Labute approximate surface area is 129 Å². The predicted octanol–water partition coefficient (Wildman–Crippen LogP) is 3.21. The number of hydrogen-bond acceptors (Lipinski definition) is 3. The van der Waals surface area contributed by atoms with E-state index >= 15 is 0 Å². The third kappa shape index (κ3) is 3.85. The lowest BCUT2D eigenvalue weighted by atomic mass is 10.2. The van der Waals surface area contributed by atoms with Crippen molar-refractivity contribution in [3.8, 4) is 0 Å². The highest BCUT2D eigenvalue weighted by atomic mass is 32.1. The predicted molar refractivity (Wildman–Crippen MR) is 87.8 cm³/mol. The van der Waals surface area contributed by atoms with E-state index in [-0.39, 0.29) is 5.91 Å². The Kier molecular flexibility index (Phi) is 4.55. The van der Waals surface area contributed by atoms with Crippen molar-refractivity contribution >= 4 is 22.9 Å². The van der Waals surface area contributed by atoms with Crippen LogP contribution >= 0.6 is 11.3 Å². The summed E-state index contributed by atoms with van der Waals surface area (Å²) in [6, 6.07) is 12.5. The number of nitrogens with one attached hydrogen (secondary N) is 1. The van der Waals surface area contributed by atoms with E-state index in [2.05, 4.69) is 34.5 Å². The fraction of sp³-hybridized carbons (Fsp3) is 0.353. The standard InChI is InChI=1S/C17H20N2OS/c20-17(12-16-4-3-11-21-16)18-13-14-5-7-15(8-6-14)19-9-1-2-10-19/h3-8,11H,1-2,9-10,12-13H2,(H,18,20). The molecular weight excluding hydrogens is 280 g/mol. The van der Waals surface area contributed by atoms with E-state index in [1.54, 1.807) is 11.3 Å². The smallest absolute Gasteiger partial charge is 0.225 e. The van der Waals surface area contributed by atoms with E-state index in [0.717, 1.165) is 23.5 Å². The normalized spacial score (nSPS) is 14.4. The van der Waals surface area contributed by atoms with Crippen LogP contribution in [-0.2, 0) is 17.8 Å². The fourth-order valence-corrected chi connectivity index (χ4v) is 3.34. The maximum Gasteiger partial charge on any atom is 0.225 e. The van der Waals surface area contributed by atoms with Gasteiger partial charge in [-0.1, -0.05) is 18.2 Å². The minimum atomic E-state index is 0.0843. The van der Waals surface area contributed by atoms with Crippen molar-refractivity contribution in [1.29, 1.82) is 0 Å². The SMILES string of the molecule is O=C(Cc1cccs1)NCc1ccc(N2CCCC2)cc1. The summed E-state index contributed by atoms with van der Waals surface area (Å²) in [6.45, 7) is 2.93. The first-order valence-electron chi connectivity index (χ1n) is 7.44. The molecule has 1 saturated heterocycles. The Balaban J connectivity index is 1.49. The van der Waals surface area contributed by atoms with E-state index in [1.807, 2.05) is 17.5 Å². The lowest BCUT2D eigenvalue weighted by Gasteiger charge is -2.17. The number of anilines is 1. The lowest BCUT2D eigenvalue weighted by molar-refractivity contribution is -0.120. The van der Waals surface area contributed by atoms with Gasteiger partial charge in [0, 0.05) is 30.2 Å². The van der Waals surface area contributed by atoms with Crippen LogP contribution < -0.4 is 10.2 Å². The molecule has 0 saturated carbocycles. The largest absolute Gasteiger partial charge is 0.372 e. The van der Waals surface area contributed by atoms with Gasteiger partial charge in [-0.05, 0) is 42.0 Å². The van der Waals surface area contributed by atoms with Gasteiger partial charge in [-0.2, -0.15) is 0 Å². The molecule has 1 N–H and O–H groups in total. The highest BCUT2D eigenvalue weighted by Crippen LogP contribution is 2.20. The van der Waals surface area contributed by atoms with Crippen molar-refractivity contribution in [2.24, 2.45) is 0 Å². The number of thiophene rings is 1. The molecule has 4 heteroatoms. The van der Waals surface area contributed by atoms with Gasteiger partial charge in [0.05, 0.1) is 6.42 Å². The number of nitrogens with zero attached hydrogens (tertiary/aromatic N) is 1. The molecule has 2 aromatic rings. The Bertz CT molecular complexity index is 571. The summed E-state index contributed by atoms with van der Waals surface area (Å²) in [7, 11) is 0. The first kappa shape index (κ1) is 14.1. The van der Waals surface area contributed by atoms with E-state index in [0.29, 0.717) is 13.0 Å². The minimum Gasteiger partial charge on any atom is -0.372 e. The molecule has 0 unspecified atom stereocenters. The number of rotatable bonds is 5. The zero-order chi connectivity index (χ0) is 14.5. The quantitative estimate of drug-likeness (QED) is 0.919. The van der Waals surface area contributed by atoms with Gasteiger partial charge in [0.25, 0.3) is 0 Å². The van der Waals surface area contributed by atoms with Crippen molar-refractivity contribution in [1.82, 2.24) is 5.32 Å². The van der Waals surface area contributed by atoms with Gasteiger partial charge in [-0.15, -0.1) is 11.3 Å². The average molecular weight is 300 g/mol. The Morgan fingerprint density at radius 3 is 2.57 bits per heavy atom. The molecule has 1 aliphatic rings. The number of carbonyl (C=O) groups is 1. The fourth-order valence-electron chi connectivity index (χ4n) is 2.63. The second kappa shape index (κ2) is 6.76. The highest BCUT2D eigenvalue weighted by Gasteiger charge is 2.11. The molecule has 0 bridgehead atoms. The summed E-state index contributed by atoms with van der Waals surface area (Å²) in [5.74, 6) is 0.0843. The Hall–Kier alpha value is -1.81. The van der Waals surface area contributed by atoms with Crippen LogP contribution in [0.4, 0.5) is 5.69 Å². The Morgan fingerprint density at radius 2 is 1.90 bits per heavy atom. The van der Waals surface area contributed by atoms with Crippen molar-refractivity contribution < 1.29 is 4.79 Å². The molecule has 2 heterocycles. The molecule has 110 valence electrons. The van der Waals surface area contributed by atoms with Crippen LogP contribution in [0.2, 0.25) is 0 Å². The molecule has 0 aliphatic carbocycles. The van der Waals surface area contributed by atoms with Crippen molar-refractivity contribution in [2.45, 2.75) is 25.8 Å². The van der Waals surface area contributed by atoms with Gasteiger partial charge in [-0.3, -0.25) is 4.79 Å². The second-order valence-corrected chi connectivity index (χ2v) is 6.43. The van der Waals surface area contributed by atoms with Gasteiger partial charge in [0.15, 0.2) is 0 Å². The van der Waals surface area contributed by atoms with Crippen LogP contribution in [0.15, 0.2) is 41.8 Å². The van der Waals surface area contributed by atoms with E-state index < -0.39 is 0 Å². The molecule has 0 atom stereocenters. The molecule has 1 fully saturated rings. The summed E-state index contributed by atoms with van der Waals surface area (Å²) >= 11 is 1.62. The molecule has 1 aliphatic heterocycles. The van der Waals surface area contributed by atoms with E-state index in [4.69, 9.17) is 0 Å². The van der Waals surface area contributed by atoms with Crippen LogP contribution in [0.25, 0.3) is 0 Å². The van der Waals surface area contributed by atoms with Crippen LogP contribution in [0.5, 0.6) is 0 Å². The molecular formula is C17H20N2OS. The van der Waals surface area contributed by atoms with Crippen LogP contribution in [-0.4, -0.2) is 19.0 Å². The maximum atomic E-state index is 11.8. The average Bonchev–Trinajstić information content (AvgIpc) is 3.19. The van der Waals surface area contributed by atoms with Gasteiger partial charge >= 0.3 is 0 Å². The first-order valence-corrected chi connectivity index (χ1v) is 8.32. The van der Waals surface area contributed by atoms with Crippen LogP contribution in [0.1, 0.15) is 23.3 Å². The van der Waals surface area contributed by atoms with Crippen LogP contribution in [0.3, 0.4) is 0 Å². The summed E-state index contributed by atoms with van der Waals surface area (Å²) in [6.07, 6.45) is 3.06. The number of benzene rings is 1. The Morgan fingerprint density at radius 1 is 1.14 bits per heavy atom. The molecule has 3 nitrogen and oxygen atoms in total. The van der Waals surface area contributed by atoms with Gasteiger partial charge in [-0.25, -0.2) is 0 Å². The molecule has 3 rings (SSSR count). The highest BCUT2D eigenvalue weighted by molar-refractivity contribution is 7.10. The molecule has 21 heavy (non-hydrogen) atoms.